The zero-order valence-corrected chi connectivity index (χ0v) is 9.97. The zero-order chi connectivity index (χ0) is 9.26. The SMILES string of the molecule is Brc1ccc(OC[C@@H]2CO2)c(Br)c1. The van der Waals surface area contributed by atoms with Gasteiger partial charge < -0.3 is 9.47 Å². The summed E-state index contributed by atoms with van der Waals surface area (Å²) in [6, 6.07) is 5.84. The van der Waals surface area contributed by atoms with Crippen LogP contribution in [-0.4, -0.2) is 19.3 Å². The minimum absolute atomic E-state index is 0.301. The van der Waals surface area contributed by atoms with E-state index in [-0.39, 0.29) is 0 Å². The normalized spacial score (nSPS) is 20.0. The van der Waals surface area contributed by atoms with Crippen molar-refractivity contribution in [2.75, 3.05) is 13.2 Å². The van der Waals surface area contributed by atoms with Gasteiger partial charge in [0, 0.05) is 4.47 Å². The van der Waals surface area contributed by atoms with E-state index in [0.29, 0.717) is 12.7 Å². The Kier molecular flexibility index (Phi) is 2.91. The van der Waals surface area contributed by atoms with Gasteiger partial charge in [-0.2, -0.15) is 0 Å². The second-order valence-corrected chi connectivity index (χ2v) is 4.61. The Labute approximate surface area is 93.5 Å². The molecule has 1 aromatic rings. The van der Waals surface area contributed by atoms with Gasteiger partial charge in [-0.05, 0) is 34.1 Å². The van der Waals surface area contributed by atoms with Crippen molar-refractivity contribution in [3.63, 3.8) is 0 Å². The van der Waals surface area contributed by atoms with Crippen LogP contribution >= 0.6 is 31.9 Å². The summed E-state index contributed by atoms with van der Waals surface area (Å²) in [5, 5.41) is 0. The first-order valence-corrected chi connectivity index (χ1v) is 5.54. The molecule has 1 aromatic carbocycles. The van der Waals surface area contributed by atoms with Crippen molar-refractivity contribution in [2.45, 2.75) is 6.10 Å². The summed E-state index contributed by atoms with van der Waals surface area (Å²) in [7, 11) is 0. The Morgan fingerprint density at radius 1 is 1.46 bits per heavy atom. The monoisotopic (exact) mass is 306 g/mol. The number of hydrogen-bond acceptors (Lipinski definition) is 2. The van der Waals surface area contributed by atoms with Crippen LogP contribution in [0.4, 0.5) is 0 Å². The quantitative estimate of drug-likeness (QED) is 0.801. The van der Waals surface area contributed by atoms with Gasteiger partial charge in [-0.25, -0.2) is 0 Å². The highest BCUT2D eigenvalue weighted by Gasteiger charge is 2.23. The first-order valence-electron chi connectivity index (χ1n) is 3.95. The minimum Gasteiger partial charge on any atom is -0.490 e. The second kappa shape index (κ2) is 3.98. The van der Waals surface area contributed by atoms with E-state index >= 15 is 0 Å². The van der Waals surface area contributed by atoms with Gasteiger partial charge in [0.2, 0.25) is 0 Å². The molecule has 0 N–H and O–H groups in total. The molecular formula is C9H8Br2O2. The molecule has 2 nitrogen and oxygen atoms in total. The van der Waals surface area contributed by atoms with Crippen LogP contribution in [0.2, 0.25) is 0 Å². The summed E-state index contributed by atoms with van der Waals surface area (Å²) in [5.41, 5.74) is 0. The molecule has 0 radical (unpaired) electrons. The number of rotatable bonds is 3. The average Bonchev–Trinajstić information content (AvgIpc) is 2.86. The third-order valence-electron chi connectivity index (χ3n) is 1.72. The van der Waals surface area contributed by atoms with E-state index in [1.54, 1.807) is 0 Å². The summed E-state index contributed by atoms with van der Waals surface area (Å²) in [6.07, 6.45) is 0.301. The fourth-order valence-electron chi connectivity index (χ4n) is 0.939. The lowest BCUT2D eigenvalue weighted by Crippen LogP contribution is -2.04. The van der Waals surface area contributed by atoms with Crippen LogP contribution in [0.1, 0.15) is 0 Å². The van der Waals surface area contributed by atoms with E-state index in [0.717, 1.165) is 21.3 Å². The smallest absolute Gasteiger partial charge is 0.133 e. The summed E-state index contributed by atoms with van der Waals surface area (Å²) in [6.45, 7) is 1.47. The van der Waals surface area contributed by atoms with E-state index in [9.17, 15) is 0 Å². The second-order valence-electron chi connectivity index (χ2n) is 2.84. The van der Waals surface area contributed by atoms with Gasteiger partial charge in [0.05, 0.1) is 11.1 Å². The molecule has 0 bridgehead atoms. The van der Waals surface area contributed by atoms with Crippen molar-refractivity contribution in [1.29, 1.82) is 0 Å². The standard InChI is InChI=1S/C9H8Br2O2/c10-6-1-2-9(8(11)3-6)13-5-7-4-12-7/h1-3,7H,4-5H2/t7-/m0/s1. The Hall–Kier alpha value is -0.0600. The Balaban J connectivity index is 2.01. The third-order valence-corrected chi connectivity index (χ3v) is 2.83. The molecule has 0 aromatic heterocycles. The molecule has 1 heterocycles. The maximum Gasteiger partial charge on any atom is 0.133 e. The molecule has 70 valence electrons. The van der Waals surface area contributed by atoms with Gasteiger partial charge in [0.15, 0.2) is 0 Å². The molecule has 2 rings (SSSR count). The largest absolute Gasteiger partial charge is 0.490 e. The summed E-state index contributed by atoms with van der Waals surface area (Å²) in [4.78, 5) is 0. The fourth-order valence-corrected chi connectivity index (χ4v) is 2.10. The zero-order valence-electron chi connectivity index (χ0n) is 6.80. The molecule has 1 aliphatic rings. The van der Waals surface area contributed by atoms with Crippen LogP contribution < -0.4 is 4.74 Å². The van der Waals surface area contributed by atoms with E-state index in [1.165, 1.54) is 0 Å². The van der Waals surface area contributed by atoms with E-state index in [1.807, 2.05) is 18.2 Å². The first kappa shape index (κ1) is 9.49. The lowest BCUT2D eigenvalue weighted by Gasteiger charge is -2.06. The van der Waals surface area contributed by atoms with Crippen LogP contribution in [0.5, 0.6) is 5.75 Å². The number of benzene rings is 1. The highest BCUT2D eigenvalue weighted by Crippen LogP contribution is 2.28. The van der Waals surface area contributed by atoms with Gasteiger partial charge in [-0.15, -0.1) is 0 Å². The van der Waals surface area contributed by atoms with Crippen LogP contribution in [0.15, 0.2) is 27.1 Å². The molecule has 0 unspecified atom stereocenters. The number of hydrogen-bond donors (Lipinski definition) is 0. The van der Waals surface area contributed by atoms with Crippen molar-refractivity contribution in [3.05, 3.63) is 27.1 Å². The molecule has 1 aliphatic heterocycles. The summed E-state index contributed by atoms with van der Waals surface area (Å²) >= 11 is 6.80. The van der Waals surface area contributed by atoms with Crippen molar-refractivity contribution < 1.29 is 9.47 Å². The molecule has 0 amide bonds. The molecular weight excluding hydrogens is 300 g/mol. The van der Waals surface area contributed by atoms with E-state index < -0.39 is 0 Å². The minimum atomic E-state index is 0.301. The number of ether oxygens (including phenoxy) is 2. The van der Waals surface area contributed by atoms with Crippen LogP contribution in [0.25, 0.3) is 0 Å². The number of epoxide rings is 1. The summed E-state index contributed by atoms with van der Waals surface area (Å²) in [5.74, 6) is 0.860. The van der Waals surface area contributed by atoms with Gasteiger partial charge >= 0.3 is 0 Å². The van der Waals surface area contributed by atoms with Crippen molar-refractivity contribution in [2.24, 2.45) is 0 Å². The van der Waals surface area contributed by atoms with Crippen molar-refractivity contribution in [3.8, 4) is 5.75 Å². The van der Waals surface area contributed by atoms with E-state index in [2.05, 4.69) is 31.9 Å². The Bertz CT molecular complexity index is 310. The van der Waals surface area contributed by atoms with Gasteiger partial charge in [0.25, 0.3) is 0 Å². The first-order chi connectivity index (χ1) is 6.25. The maximum absolute atomic E-state index is 5.52. The molecule has 0 aliphatic carbocycles. The van der Waals surface area contributed by atoms with Crippen LogP contribution in [0.3, 0.4) is 0 Å². The molecule has 1 saturated heterocycles. The van der Waals surface area contributed by atoms with Gasteiger partial charge in [0.1, 0.15) is 18.5 Å². The lowest BCUT2D eigenvalue weighted by molar-refractivity contribution is 0.262. The van der Waals surface area contributed by atoms with Gasteiger partial charge in [-0.1, -0.05) is 15.9 Å². The van der Waals surface area contributed by atoms with Crippen molar-refractivity contribution >= 4 is 31.9 Å². The maximum atomic E-state index is 5.52. The topological polar surface area (TPSA) is 21.8 Å². The van der Waals surface area contributed by atoms with E-state index in [4.69, 9.17) is 9.47 Å². The molecule has 4 heteroatoms. The van der Waals surface area contributed by atoms with Crippen LogP contribution in [-0.2, 0) is 4.74 Å². The predicted octanol–water partition coefficient (Wildman–Crippen LogP) is 2.99. The predicted molar refractivity (Wildman–Crippen MR) is 57.1 cm³/mol. The Morgan fingerprint density at radius 2 is 2.23 bits per heavy atom. The molecule has 1 atom stereocenters. The van der Waals surface area contributed by atoms with Crippen molar-refractivity contribution in [1.82, 2.24) is 0 Å². The van der Waals surface area contributed by atoms with Crippen LogP contribution in [0, 0.1) is 0 Å². The fraction of sp³-hybridized carbons (Fsp3) is 0.333. The number of halogens is 2. The summed E-state index contributed by atoms with van der Waals surface area (Å²) < 4.78 is 12.6. The molecule has 0 saturated carbocycles. The molecule has 1 fully saturated rings. The molecule has 0 spiro atoms. The molecule has 13 heavy (non-hydrogen) atoms. The highest BCUT2D eigenvalue weighted by molar-refractivity contribution is 9.11. The third kappa shape index (κ3) is 2.69. The average molecular weight is 308 g/mol. The van der Waals surface area contributed by atoms with Gasteiger partial charge in [-0.3, -0.25) is 0 Å². The Morgan fingerprint density at radius 3 is 2.85 bits per heavy atom. The lowest BCUT2D eigenvalue weighted by atomic mass is 10.3. The highest BCUT2D eigenvalue weighted by atomic mass is 79.9.